The first-order chi connectivity index (χ1) is 13.3. The lowest BCUT2D eigenvalue weighted by molar-refractivity contribution is 0.0982. The molecule has 8 heteroatoms. The van der Waals surface area contributed by atoms with Crippen molar-refractivity contribution in [1.29, 1.82) is 0 Å². The Morgan fingerprint density at radius 1 is 1.18 bits per heavy atom. The van der Waals surface area contributed by atoms with E-state index in [-0.39, 0.29) is 10.8 Å². The molecule has 0 aliphatic carbocycles. The van der Waals surface area contributed by atoms with Crippen LogP contribution in [0, 0.1) is 6.92 Å². The maximum atomic E-state index is 13.3. The molecule has 3 aromatic rings. The van der Waals surface area contributed by atoms with E-state index >= 15 is 0 Å². The number of fused-ring (bicyclic) bond motifs is 2. The largest absolute Gasteiger partial charge is 0.307 e. The second kappa shape index (κ2) is 6.72. The highest BCUT2D eigenvalue weighted by molar-refractivity contribution is 7.89. The fraction of sp³-hybridized carbons (Fsp3) is 0.300. The number of amides is 1. The van der Waals surface area contributed by atoms with Crippen LogP contribution in [0.25, 0.3) is 5.52 Å². The summed E-state index contributed by atoms with van der Waals surface area (Å²) in [5.41, 5.74) is 3.84. The van der Waals surface area contributed by atoms with Crippen LogP contribution in [-0.2, 0) is 16.4 Å². The molecule has 4 rings (SSSR count). The number of sulfonamides is 1. The van der Waals surface area contributed by atoms with Gasteiger partial charge in [-0.25, -0.2) is 17.7 Å². The molecule has 146 valence electrons. The van der Waals surface area contributed by atoms with E-state index in [0.717, 1.165) is 35.2 Å². The summed E-state index contributed by atoms with van der Waals surface area (Å²) in [5, 5.41) is 0. The second-order valence-electron chi connectivity index (χ2n) is 7.23. The minimum absolute atomic E-state index is 0.169. The fourth-order valence-corrected chi connectivity index (χ4v) is 4.50. The van der Waals surface area contributed by atoms with E-state index in [9.17, 15) is 13.2 Å². The summed E-state index contributed by atoms with van der Waals surface area (Å²) >= 11 is 0. The van der Waals surface area contributed by atoms with E-state index in [1.54, 1.807) is 29.4 Å². The van der Waals surface area contributed by atoms with Crippen molar-refractivity contribution in [3.05, 3.63) is 59.7 Å². The van der Waals surface area contributed by atoms with Gasteiger partial charge in [-0.15, -0.1) is 0 Å². The van der Waals surface area contributed by atoms with Gasteiger partial charge >= 0.3 is 0 Å². The Balaban J connectivity index is 1.75. The smallest absolute Gasteiger partial charge is 0.279 e. The van der Waals surface area contributed by atoms with Crippen molar-refractivity contribution in [2.75, 3.05) is 25.5 Å². The van der Waals surface area contributed by atoms with Crippen LogP contribution in [0.1, 0.15) is 28.0 Å². The first-order valence-corrected chi connectivity index (χ1v) is 10.5. The molecule has 3 heterocycles. The second-order valence-corrected chi connectivity index (χ2v) is 9.38. The van der Waals surface area contributed by atoms with Gasteiger partial charge < -0.3 is 9.30 Å². The van der Waals surface area contributed by atoms with Crippen LogP contribution in [0.5, 0.6) is 0 Å². The molecule has 0 atom stereocenters. The third kappa shape index (κ3) is 2.98. The van der Waals surface area contributed by atoms with Gasteiger partial charge in [-0.1, -0.05) is 0 Å². The first kappa shape index (κ1) is 18.6. The summed E-state index contributed by atoms with van der Waals surface area (Å²) in [4.78, 5) is 19.5. The fourth-order valence-electron chi connectivity index (χ4n) is 3.54. The molecule has 28 heavy (non-hydrogen) atoms. The lowest BCUT2D eigenvalue weighted by atomic mass is 10.0. The lowest BCUT2D eigenvalue weighted by Crippen LogP contribution is -2.36. The van der Waals surface area contributed by atoms with Gasteiger partial charge in [0.1, 0.15) is 6.33 Å². The number of benzene rings is 1. The summed E-state index contributed by atoms with van der Waals surface area (Å²) in [7, 11) is -0.490. The van der Waals surface area contributed by atoms with Gasteiger partial charge in [0.15, 0.2) is 5.69 Å². The molecule has 0 spiro atoms. The zero-order chi connectivity index (χ0) is 20.1. The number of aromatic nitrogens is 2. The zero-order valence-electron chi connectivity index (χ0n) is 16.1. The van der Waals surface area contributed by atoms with Crippen molar-refractivity contribution in [3.63, 3.8) is 0 Å². The number of hydrogen-bond acceptors (Lipinski definition) is 4. The number of nitrogens with zero attached hydrogens (tertiary/aromatic N) is 4. The monoisotopic (exact) mass is 398 g/mol. The van der Waals surface area contributed by atoms with Crippen molar-refractivity contribution in [1.82, 2.24) is 13.7 Å². The van der Waals surface area contributed by atoms with E-state index in [1.165, 1.54) is 18.4 Å². The highest BCUT2D eigenvalue weighted by atomic mass is 32.2. The summed E-state index contributed by atoms with van der Waals surface area (Å²) in [6.07, 6.45) is 5.03. The van der Waals surface area contributed by atoms with E-state index in [2.05, 4.69) is 4.98 Å². The van der Waals surface area contributed by atoms with Crippen LogP contribution in [-0.4, -0.2) is 48.7 Å². The van der Waals surface area contributed by atoms with Gasteiger partial charge in [0.2, 0.25) is 10.0 Å². The molecule has 2 aromatic heterocycles. The van der Waals surface area contributed by atoms with Gasteiger partial charge in [-0.2, -0.15) is 0 Å². The van der Waals surface area contributed by atoms with Gasteiger partial charge in [-0.3, -0.25) is 4.79 Å². The predicted molar refractivity (Wildman–Crippen MR) is 107 cm³/mol. The number of rotatable bonds is 3. The lowest BCUT2D eigenvalue weighted by Gasteiger charge is -2.29. The number of hydrogen-bond donors (Lipinski definition) is 0. The van der Waals surface area contributed by atoms with Crippen LogP contribution < -0.4 is 4.90 Å². The SMILES string of the molecule is Cc1ccn2cnc(C(=O)N3CCCc4cc(S(=O)(=O)N(C)C)ccc43)c2c1. The molecule has 0 N–H and O–H groups in total. The Hall–Kier alpha value is -2.71. The van der Waals surface area contributed by atoms with Crippen molar-refractivity contribution in [3.8, 4) is 0 Å². The minimum atomic E-state index is -3.51. The minimum Gasteiger partial charge on any atom is -0.307 e. The van der Waals surface area contributed by atoms with Crippen LogP contribution in [0.4, 0.5) is 5.69 Å². The van der Waals surface area contributed by atoms with Crippen molar-refractivity contribution < 1.29 is 13.2 Å². The Kier molecular flexibility index (Phi) is 4.47. The molecule has 0 fully saturated rings. The van der Waals surface area contributed by atoms with Gasteiger partial charge in [0.25, 0.3) is 5.91 Å². The Morgan fingerprint density at radius 3 is 2.71 bits per heavy atom. The molecule has 1 aromatic carbocycles. The van der Waals surface area contributed by atoms with Crippen LogP contribution >= 0.6 is 0 Å². The van der Waals surface area contributed by atoms with Crippen molar-refractivity contribution in [2.45, 2.75) is 24.7 Å². The average molecular weight is 398 g/mol. The van der Waals surface area contributed by atoms with Crippen molar-refractivity contribution in [2.24, 2.45) is 0 Å². The average Bonchev–Trinajstić information content (AvgIpc) is 3.09. The molecule has 1 amide bonds. The Labute approximate surface area is 164 Å². The summed E-state index contributed by atoms with van der Waals surface area (Å²) in [6.45, 7) is 2.56. The molecular formula is C20H22N4O3S. The quantitative estimate of drug-likeness (QED) is 0.679. The third-order valence-electron chi connectivity index (χ3n) is 5.09. The maximum absolute atomic E-state index is 13.3. The van der Waals surface area contributed by atoms with Crippen LogP contribution in [0.15, 0.2) is 47.8 Å². The highest BCUT2D eigenvalue weighted by Crippen LogP contribution is 2.31. The maximum Gasteiger partial charge on any atom is 0.279 e. The van der Waals surface area contributed by atoms with E-state index in [4.69, 9.17) is 0 Å². The summed E-state index contributed by atoms with van der Waals surface area (Å²) < 4.78 is 27.9. The van der Waals surface area contributed by atoms with Crippen molar-refractivity contribution >= 4 is 27.1 Å². The molecule has 0 unspecified atom stereocenters. The molecule has 1 aliphatic rings. The number of imidazole rings is 1. The number of pyridine rings is 1. The summed E-state index contributed by atoms with van der Waals surface area (Å²) in [6, 6.07) is 8.88. The normalized spacial score (nSPS) is 14.5. The van der Waals surface area contributed by atoms with E-state index < -0.39 is 10.0 Å². The third-order valence-corrected chi connectivity index (χ3v) is 6.90. The molecule has 0 radical (unpaired) electrons. The molecule has 0 bridgehead atoms. The van der Waals surface area contributed by atoms with Crippen LogP contribution in [0.2, 0.25) is 0 Å². The highest BCUT2D eigenvalue weighted by Gasteiger charge is 2.28. The molecular weight excluding hydrogens is 376 g/mol. The van der Waals surface area contributed by atoms with Gasteiger partial charge in [0.05, 0.1) is 10.4 Å². The Morgan fingerprint density at radius 2 is 1.96 bits per heavy atom. The van der Waals surface area contributed by atoms with E-state index in [0.29, 0.717) is 12.2 Å². The number of carbonyl (C=O) groups is 1. The molecule has 0 saturated carbocycles. The standard InChI is InChI=1S/C20H22N4O3S/c1-14-8-10-23-13-21-19(18(23)11-14)20(25)24-9-4-5-15-12-16(6-7-17(15)24)28(26,27)22(2)3/h6-8,10-13H,4-5,9H2,1-3H3. The molecule has 1 aliphatic heterocycles. The van der Waals surface area contributed by atoms with E-state index in [1.807, 2.05) is 29.7 Å². The number of carbonyl (C=O) groups excluding carboxylic acids is 1. The summed E-state index contributed by atoms with van der Waals surface area (Å²) in [5.74, 6) is -0.169. The predicted octanol–water partition coefficient (Wildman–Crippen LogP) is 2.49. The number of anilines is 1. The molecule has 0 saturated heterocycles. The number of aryl methyl sites for hydroxylation is 2. The van der Waals surface area contributed by atoms with Gasteiger partial charge in [-0.05, 0) is 61.2 Å². The molecule has 7 nitrogen and oxygen atoms in total. The van der Waals surface area contributed by atoms with Crippen LogP contribution in [0.3, 0.4) is 0 Å². The topological polar surface area (TPSA) is 75.0 Å². The first-order valence-electron chi connectivity index (χ1n) is 9.09. The Bertz CT molecular complexity index is 1180. The van der Waals surface area contributed by atoms with Gasteiger partial charge in [0, 0.05) is 32.5 Å². The zero-order valence-corrected chi connectivity index (χ0v) is 16.9.